The fourth-order valence-electron chi connectivity index (χ4n) is 4.64. The van der Waals surface area contributed by atoms with Crippen LogP contribution in [0.1, 0.15) is 38.3 Å². The Balaban J connectivity index is 1.74. The first-order chi connectivity index (χ1) is 14.5. The van der Waals surface area contributed by atoms with Crippen LogP contribution < -0.4 is 15.0 Å². The number of anilines is 2. The van der Waals surface area contributed by atoms with E-state index in [0.29, 0.717) is 17.4 Å². The summed E-state index contributed by atoms with van der Waals surface area (Å²) in [5.74, 6) is 1.43. The summed E-state index contributed by atoms with van der Waals surface area (Å²) in [5, 5.41) is 12.7. The molecule has 6 heteroatoms. The maximum atomic E-state index is 12.6. The molecule has 30 heavy (non-hydrogen) atoms. The molecule has 4 rings (SSSR count). The van der Waals surface area contributed by atoms with Crippen LogP contribution in [0.15, 0.2) is 42.5 Å². The lowest BCUT2D eigenvalue weighted by Gasteiger charge is -2.46. The highest BCUT2D eigenvalue weighted by molar-refractivity contribution is 5.94. The first-order valence-corrected chi connectivity index (χ1v) is 10.4. The summed E-state index contributed by atoms with van der Waals surface area (Å²) in [6.07, 6.45) is 2.29. The van der Waals surface area contributed by atoms with E-state index in [9.17, 15) is 4.79 Å². The number of hydrogen-bond acceptors (Lipinski definition) is 4. The van der Waals surface area contributed by atoms with E-state index in [4.69, 9.17) is 16.4 Å². The second-order valence-electron chi connectivity index (χ2n) is 8.15. The molecule has 156 valence electrons. The number of carbonyl (C=O) groups is 1. The molecule has 0 radical (unpaired) electrons. The van der Waals surface area contributed by atoms with Crippen molar-refractivity contribution < 1.29 is 14.6 Å². The Labute approximate surface area is 177 Å². The molecule has 0 bridgehead atoms. The van der Waals surface area contributed by atoms with Crippen molar-refractivity contribution in [3.8, 4) is 5.75 Å². The molecule has 2 aromatic rings. The second kappa shape index (κ2) is 8.37. The standard InChI is InChI=1S/C24H27N3O3/c1-15-23(26-19-5-4-6-20(13-19)30-12-11-28)21-14-18(25-3)9-10-22(21)27(16(2)29)24(15)17-7-8-17/h4-6,9-10,13-15,17,23-24,26,28H,7-8,11-12H2,1-2H3/t15-,23-,24-/m1/s1. The lowest BCUT2D eigenvalue weighted by atomic mass is 9.79. The van der Waals surface area contributed by atoms with Gasteiger partial charge in [-0.25, -0.2) is 4.85 Å². The van der Waals surface area contributed by atoms with Crippen LogP contribution in [0.25, 0.3) is 4.85 Å². The number of benzene rings is 2. The topological polar surface area (TPSA) is 66.2 Å². The number of nitrogens with zero attached hydrogens (tertiary/aromatic N) is 2. The Morgan fingerprint density at radius 1 is 1.30 bits per heavy atom. The summed E-state index contributed by atoms with van der Waals surface area (Å²) in [6.45, 7) is 11.5. The summed E-state index contributed by atoms with van der Waals surface area (Å²) < 4.78 is 5.55. The first kappa shape index (κ1) is 20.2. The van der Waals surface area contributed by atoms with Gasteiger partial charge in [-0.1, -0.05) is 19.1 Å². The predicted molar refractivity (Wildman–Crippen MR) is 117 cm³/mol. The number of rotatable bonds is 6. The predicted octanol–water partition coefficient (Wildman–Crippen LogP) is 4.54. The molecule has 1 aliphatic heterocycles. The molecule has 1 saturated carbocycles. The Bertz CT molecular complexity index is 980. The van der Waals surface area contributed by atoms with E-state index in [0.717, 1.165) is 29.8 Å². The van der Waals surface area contributed by atoms with Crippen LogP contribution in [0.5, 0.6) is 5.75 Å². The highest BCUT2D eigenvalue weighted by atomic mass is 16.5. The van der Waals surface area contributed by atoms with Gasteiger partial charge in [0.05, 0.1) is 19.2 Å². The van der Waals surface area contributed by atoms with Crippen molar-refractivity contribution in [2.75, 3.05) is 23.4 Å². The molecule has 3 atom stereocenters. The van der Waals surface area contributed by atoms with Gasteiger partial charge >= 0.3 is 0 Å². The van der Waals surface area contributed by atoms with E-state index in [2.05, 4.69) is 17.1 Å². The van der Waals surface area contributed by atoms with Crippen LogP contribution >= 0.6 is 0 Å². The fourth-order valence-corrected chi connectivity index (χ4v) is 4.64. The van der Waals surface area contributed by atoms with E-state index in [-0.39, 0.29) is 37.1 Å². The van der Waals surface area contributed by atoms with Gasteiger partial charge in [0.1, 0.15) is 12.4 Å². The van der Waals surface area contributed by atoms with Gasteiger partial charge in [-0.2, -0.15) is 0 Å². The number of amides is 1. The van der Waals surface area contributed by atoms with Crippen molar-refractivity contribution in [3.63, 3.8) is 0 Å². The fraction of sp³-hybridized carbons (Fsp3) is 0.417. The van der Waals surface area contributed by atoms with Crippen molar-refractivity contribution in [1.82, 2.24) is 0 Å². The molecular formula is C24H27N3O3. The van der Waals surface area contributed by atoms with Crippen LogP contribution in [0.2, 0.25) is 0 Å². The van der Waals surface area contributed by atoms with E-state index in [1.807, 2.05) is 41.3 Å². The van der Waals surface area contributed by atoms with E-state index >= 15 is 0 Å². The Morgan fingerprint density at radius 2 is 2.10 bits per heavy atom. The van der Waals surface area contributed by atoms with Gasteiger partial charge in [-0.15, -0.1) is 0 Å². The summed E-state index contributed by atoms with van der Waals surface area (Å²) >= 11 is 0. The van der Waals surface area contributed by atoms with Crippen LogP contribution in [-0.4, -0.2) is 30.3 Å². The van der Waals surface area contributed by atoms with Crippen LogP contribution in [0.3, 0.4) is 0 Å². The molecule has 1 aliphatic carbocycles. The molecule has 0 spiro atoms. The normalized spacial score (nSPS) is 22.7. The van der Waals surface area contributed by atoms with Crippen molar-refractivity contribution in [2.24, 2.45) is 11.8 Å². The highest BCUT2D eigenvalue weighted by Gasteiger charge is 2.47. The van der Waals surface area contributed by atoms with Crippen molar-refractivity contribution in [1.29, 1.82) is 0 Å². The first-order valence-electron chi connectivity index (χ1n) is 10.4. The number of ether oxygens (including phenoxy) is 1. The Morgan fingerprint density at radius 3 is 2.77 bits per heavy atom. The van der Waals surface area contributed by atoms with E-state index in [1.54, 1.807) is 13.0 Å². The monoisotopic (exact) mass is 405 g/mol. The van der Waals surface area contributed by atoms with Gasteiger partial charge in [-0.3, -0.25) is 4.79 Å². The number of aliphatic hydroxyl groups is 1. The quantitative estimate of drug-likeness (QED) is 0.693. The molecule has 1 fully saturated rings. The zero-order valence-corrected chi connectivity index (χ0v) is 17.3. The number of aliphatic hydroxyl groups excluding tert-OH is 1. The largest absolute Gasteiger partial charge is 0.491 e. The van der Waals surface area contributed by atoms with Gasteiger partial charge in [0.15, 0.2) is 5.69 Å². The molecule has 0 unspecified atom stereocenters. The molecule has 6 nitrogen and oxygen atoms in total. The lowest BCUT2D eigenvalue weighted by molar-refractivity contribution is -0.117. The zero-order valence-electron chi connectivity index (χ0n) is 17.3. The summed E-state index contributed by atoms with van der Waals surface area (Å²) in [7, 11) is 0. The summed E-state index contributed by atoms with van der Waals surface area (Å²) in [4.78, 5) is 18.2. The number of carbonyl (C=O) groups excluding carboxylic acids is 1. The third-order valence-electron chi connectivity index (χ3n) is 6.06. The van der Waals surface area contributed by atoms with Gasteiger partial charge in [0, 0.05) is 36.3 Å². The minimum absolute atomic E-state index is 0.0315. The molecule has 0 aromatic heterocycles. The van der Waals surface area contributed by atoms with Crippen molar-refractivity contribution in [3.05, 3.63) is 59.4 Å². The molecule has 0 saturated heterocycles. The van der Waals surface area contributed by atoms with Crippen molar-refractivity contribution >= 4 is 23.0 Å². The third kappa shape index (κ3) is 3.86. The minimum atomic E-state index is -0.0337. The number of hydrogen-bond donors (Lipinski definition) is 2. The summed E-state index contributed by atoms with van der Waals surface area (Å²) in [5.41, 5.74) is 3.35. The Kier molecular flexibility index (Phi) is 5.65. The lowest BCUT2D eigenvalue weighted by Crippen LogP contribution is -2.51. The summed E-state index contributed by atoms with van der Waals surface area (Å²) in [6, 6.07) is 13.4. The van der Waals surface area contributed by atoms with Gasteiger partial charge in [-0.05, 0) is 48.6 Å². The average Bonchev–Trinajstić information content (AvgIpc) is 3.58. The maximum Gasteiger partial charge on any atom is 0.224 e. The highest BCUT2D eigenvalue weighted by Crippen LogP contribution is 2.50. The van der Waals surface area contributed by atoms with Crippen LogP contribution in [0, 0.1) is 18.4 Å². The average molecular weight is 405 g/mol. The molecule has 1 heterocycles. The van der Waals surface area contributed by atoms with E-state index in [1.165, 1.54) is 0 Å². The molecule has 1 amide bonds. The number of fused-ring (bicyclic) bond motifs is 1. The Hall–Kier alpha value is -3.04. The molecule has 2 N–H and O–H groups in total. The van der Waals surface area contributed by atoms with Gasteiger partial charge in [0.2, 0.25) is 5.91 Å². The molecule has 2 aromatic carbocycles. The zero-order chi connectivity index (χ0) is 21.3. The van der Waals surface area contributed by atoms with Crippen molar-refractivity contribution in [2.45, 2.75) is 38.8 Å². The maximum absolute atomic E-state index is 12.6. The van der Waals surface area contributed by atoms with Crippen LogP contribution in [0.4, 0.5) is 17.1 Å². The smallest absolute Gasteiger partial charge is 0.224 e. The van der Waals surface area contributed by atoms with Crippen LogP contribution in [-0.2, 0) is 4.79 Å². The van der Waals surface area contributed by atoms with E-state index < -0.39 is 0 Å². The van der Waals surface area contributed by atoms with Gasteiger partial charge < -0.3 is 20.1 Å². The minimum Gasteiger partial charge on any atom is -0.491 e. The molecular weight excluding hydrogens is 378 g/mol. The van der Waals surface area contributed by atoms with Gasteiger partial charge in [0.25, 0.3) is 0 Å². The molecule has 2 aliphatic rings. The number of nitrogens with one attached hydrogen (secondary N) is 1. The SMILES string of the molecule is [C-]#[N+]c1ccc2c(c1)[C@H](Nc1cccc(OCCO)c1)[C@@H](C)[C@H](C1CC1)N2C(C)=O. The third-order valence-corrected chi connectivity index (χ3v) is 6.06. The second-order valence-corrected chi connectivity index (χ2v) is 8.15.